The Bertz CT molecular complexity index is 622. The Balaban J connectivity index is 2.23. The second kappa shape index (κ2) is 6.29. The van der Waals surface area contributed by atoms with Crippen molar-refractivity contribution in [2.24, 2.45) is 0 Å². The summed E-state index contributed by atoms with van der Waals surface area (Å²) in [5, 5.41) is 3.08. The molecule has 0 amide bonds. The van der Waals surface area contributed by atoms with Gasteiger partial charge in [-0.2, -0.15) is 0 Å². The van der Waals surface area contributed by atoms with Crippen molar-refractivity contribution in [3.8, 4) is 0 Å². The van der Waals surface area contributed by atoms with Crippen molar-refractivity contribution in [3.63, 3.8) is 0 Å². The molecule has 0 fully saturated rings. The molecule has 0 aliphatic carbocycles. The molecule has 0 aliphatic heterocycles. The fourth-order valence-corrected chi connectivity index (χ4v) is 2.11. The number of carbonyl (C=O) groups excluding carboxylic acids is 1. The van der Waals surface area contributed by atoms with E-state index in [9.17, 15) is 4.79 Å². The lowest BCUT2D eigenvalue weighted by Gasteiger charge is -2.07. The number of hydrogen-bond donors (Lipinski definition) is 1. The van der Waals surface area contributed by atoms with E-state index in [2.05, 4.69) is 58.5 Å². The second-order valence-electron chi connectivity index (χ2n) is 3.54. The number of anilines is 2. The molecule has 1 N–H and O–H groups in total. The molecule has 98 valence electrons. The fraction of sp³-hybridized carbons (Fsp3) is 0.0833. The Hall–Kier alpha value is -1.22. The zero-order chi connectivity index (χ0) is 13.8. The second-order valence-corrected chi connectivity index (χ2v) is 5.55. The molecular weight excluding hydrogens is 425 g/mol. The molecule has 0 bridgehead atoms. The van der Waals surface area contributed by atoms with Gasteiger partial charge in [0.1, 0.15) is 5.82 Å². The van der Waals surface area contributed by atoms with Gasteiger partial charge in [-0.15, -0.1) is 0 Å². The van der Waals surface area contributed by atoms with Gasteiger partial charge >= 0.3 is 5.97 Å². The monoisotopic (exact) mass is 433 g/mol. The minimum atomic E-state index is -0.512. The van der Waals surface area contributed by atoms with Crippen LogP contribution in [0.5, 0.6) is 0 Å². The standard InChI is InChI=1S/C12H9BrIN3O2/c1-19-12(18)10-5-15-6-11(17-10)16-7-2-3-8(13)9(14)4-7/h2-6H,1H3,(H,16,17). The molecule has 0 unspecified atom stereocenters. The summed E-state index contributed by atoms with van der Waals surface area (Å²) in [5.74, 6) is -0.0254. The highest BCUT2D eigenvalue weighted by atomic mass is 127. The number of nitrogens with zero attached hydrogens (tertiary/aromatic N) is 2. The molecular formula is C12H9BrIN3O2. The predicted molar refractivity (Wildman–Crippen MR) is 83.5 cm³/mol. The van der Waals surface area contributed by atoms with Crippen molar-refractivity contribution in [1.82, 2.24) is 9.97 Å². The van der Waals surface area contributed by atoms with Crippen LogP contribution in [0.4, 0.5) is 11.5 Å². The Morgan fingerprint density at radius 1 is 1.42 bits per heavy atom. The van der Waals surface area contributed by atoms with E-state index in [0.29, 0.717) is 5.82 Å². The third-order valence-corrected chi connectivity index (χ3v) is 4.55. The van der Waals surface area contributed by atoms with Crippen LogP contribution in [0, 0.1) is 3.57 Å². The summed E-state index contributed by atoms with van der Waals surface area (Å²) >= 11 is 5.65. The van der Waals surface area contributed by atoms with Crippen molar-refractivity contribution in [2.75, 3.05) is 12.4 Å². The number of ether oxygens (including phenoxy) is 1. The first kappa shape index (κ1) is 14.2. The minimum Gasteiger partial charge on any atom is -0.464 e. The summed E-state index contributed by atoms with van der Waals surface area (Å²) in [7, 11) is 1.31. The van der Waals surface area contributed by atoms with Gasteiger partial charge in [0.2, 0.25) is 0 Å². The molecule has 0 spiro atoms. The first-order valence-corrected chi connectivity index (χ1v) is 7.10. The molecule has 0 atom stereocenters. The number of aromatic nitrogens is 2. The van der Waals surface area contributed by atoms with Gasteiger partial charge in [-0.3, -0.25) is 4.98 Å². The molecule has 1 aromatic heterocycles. The van der Waals surface area contributed by atoms with Gasteiger partial charge < -0.3 is 10.1 Å². The van der Waals surface area contributed by atoms with Crippen LogP contribution in [-0.2, 0) is 4.74 Å². The lowest BCUT2D eigenvalue weighted by molar-refractivity contribution is 0.0593. The summed E-state index contributed by atoms with van der Waals surface area (Å²) in [5.41, 5.74) is 1.03. The lowest BCUT2D eigenvalue weighted by Crippen LogP contribution is -2.06. The van der Waals surface area contributed by atoms with Crippen molar-refractivity contribution in [3.05, 3.63) is 44.3 Å². The zero-order valence-corrected chi connectivity index (χ0v) is 13.6. The van der Waals surface area contributed by atoms with Crippen LogP contribution in [0.25, 0.3) is 0 Å². The SMILES string of the molecule is COC(=O)c1cncc(Nc2ccc(Br)c(I)c2)n1. The Kier molecular flexibility index (Phi) is 4.70. The van der Waals surface area contributed by atoms with E-state index in [1.807, 2.05) is 18.2 Å². The molecule has 2 aromatic rings. The first-order chi connectivity index (χ1) is 9.10. The van der Waals surface area contributed by atoms with Gasteiger partial charge in [0.15, 0.2) is 5.69 Å². The molecule has 1 aromatic carbocycles. The normalized spacial score (nSPS) is 10.1. The van der Waals surface area contributed by atoms with E-state index in [1.165, 1.54) is 13.3 Å². The molecule has 0 aliphatic rings. The van der Waals surface area contributed by atoms with Crippen molar-refractivity contribution in [2.45, 2.75) is 0 Å². The number of benzene rings is 1. The molecule has 1 heterocycles. The number of carbonyl (C=O) groups is 1. The summed E-state index contributed by atoms with van der Waals surface area (Å²) in [6.07, 6.45) is 2.91. The van der Waals surface area contributed by atoms with E-state index in [0.717, 1.165) is 13.7 Å². The summed E-state index contributed by atoms with van der Waals surface area (Å²) < 4.78 is 6.69. The van der Waals surface area contributed by atoms with Crippen molar-refractivity contribution >= 4 is 56.0 Å². The van der Waals surface area contributed by atoms with Crippen molar-refractivity contribution < 1.29 is 9.53 Å². The summed E-state index contributed by atoms with van der Waals surface area (Å²) in [6, 6.07) is 5.79. The summed E-state index contributed by atoms with van der Waals surface area (Å²) in [6.45, 7) is 0. The van der Waals surface area contributed by atoms with E-state index < -0.39 is 5.97 Å². The van der Waals surface area contributed by atoms with Crippen molar-refractivity contribution in [1.29, 1.82) is 0 Å². The molecule has 0 saturated heterocycles. The number of halogens is 2. The van der Waals surface area contributed by atoms with Crippen LogP contribution >= 0.6 is 38.5 Å². The Morgan fingerprint density at radius 2 is 2.21 bits per heavy atom. The third kappa shape index (κ3) is 3.63. The van der Waals surface area contributed by atoms with E-state index >= 15 is 0 Å². The van der Waals surface area contributed by atoms with Gasteiger partial charge in [-0.25, -0.2) is 9.78 Å². The molecule has 19 heavy (non-hydrogen) atoms. The Labute approximate surface area is 132 Å². The zero-order valence-electron chi connectivity index (χ0n) is 9.85. The molecule has 0 radical (unpaired) electrons. The smallest absolute Gasteiger partial charge is 0.358 e. The van der Waals surface area contributed by atoms with E-state index in [1.54, 1.807) is 6.20 Å². The van der Waals surface area contributed by atoms with Gasteiger partial charge in [-0.1, -0.05) is 0 Å². The van der Waals surface area contributed by atoms with Crippen LogP contribution in [0.15, 0.2) is 35.1 Å². The van der Waals surface area contributed by atoms with Gasteiger partial charge in [0.05, 0.1) is 19.5 Å². The van der Waals surface area contributed by atoms with Gasteiger partial charge in [0.25, 0.3) is 0 Å². The average molecular weight is 434 g/mol. The van der Waals surface area contributed by atoms with Gasteiger partial charge in [-0.05, 0) is 56.7 Å². The number of hydrogen-bond acceptors (Lipinski definition) is 5. The molecule has 7 heteroatoms. The molecule has 5 nitrogen and oxygen atoms in total. The number of methoxy groups -OCH3 is 1. The fourth-order valence-electron chi connectivity index (χ4n) is 1.35. The van der Waals surface area contributed by atoms with Gasteiger partial charge in [0, 0.05) is 13.7 Å². The largest absolute Gasteiger partial charge is 0.464 e. The van der Waals surface area contributed by atoms with E-state index in [4.69, 9.17) is 0 Å². The maximum absolute atomic E-state index is 11.4. The summed E-state index contributed by atoms with van der Waals surface area (Å²) in [4.78, 5) is 19.4. The Morgan fingerprint density at radius 3 is 2.89 bits per heavy atom. The highest BCUT2D eigenvalue weighted by Gasteiger charge is 2.08. The van der Waals surface area contributed by atoms with Crippen LogP contribution in [0.3, 0.4) is 0 Å². The lowest BCUT2D eigenvalue weighted by atomic mass is 10.3. The highest BCUT2D eigenvalue weighted by molar-refractivity contribution is 14.1. The van der Waals surface area contributed by atoms with Crippen LogP contribution in [-0.4, -0.2) is 23.0 Å². The number of esters is 1. The molecule has 0 saturated carbocycles. The maximum Gasteiger partial charge on any atom is 0.358 e. The number of rotatable bonds is 3. The maximum atomic E-state index is 11.4. The quantitative estimate of drug-likeness (QED) is 0.593. The number of nitrogens with one attached hydrogen (secondary N) is 1. The third-order valence-electron chi connectivity index (χ3n) is 2.22. The molecule has 2 rings (SSSR count). The van der Waals surface area contributed by atoms with Crippen LogP contribution in [0.2, 0.25) is 0 Å². The van der Waals surface area contributed by atoms with Crippen LogP contribution in [0.1, 0.15) is 10.5 Å². The minimum absolute atomic E-state index is 0.166. The topological polar surface area (TPSA) is 64.1 Å². The average Bonchev–Trinajstić information content (AvgIpc) is 2.42. The predicted octanol–water partition coefficient (Wildman–Crippen LogP) is 3.37. The van der Waals surface area contributed by atoms with Crippen LogP contribution < -0.4 is 5.32 Å². The first-order valence-electron chi connectivity index (χ1n) is 5.22. The van der Waals surface area contributed by atoms with E-state index in [-0.39, 0.29) is 5.69 Å². The highest BCUT2D eigenvalue weighted by Crippen LogP contribution is 2.24.